The van der Waals surface area contributed by atoms with E-state index < -0.39 is 0 Å². The van der Waals surface area contributed by atoms with E-state index in [0.717, 1.165) is 11.0 Å². The van der Waals surface area contributed by atoms with Gasteiger partial charge >= 0.3 is 0 Å². The van der Waals surface area contributed by atoms with Crippen LogP contribution in [-0.2, 0) is 5.54 Å². The van der Waals surface area contributed by atoms with E-state index in [1.807, 2.05) is 12.1 Å². The van der Waals surface area contributed by atoms with Crippen molar-refractivity contribution in [2.75, 3.05) is 14.2 Å². The molecular weight excluding hydrogens is 218 g/mol. The molecule has 17 heavy (non-hydrogen) atoms. The van der Waals surface area contributed by atoms with E-state index in [4.69, 9.17) is 9.47 Å². The third kappa shape index (κ3) is 2.05. The van der Waals surface area contributed by atoms with Crippen molar-refractivity contribution in [3.8, 4) is 11.5 Å². The number of methoxy groups -OCH3 is 2. The van der Waals surface area contributed by atoms with Crippen LogP contribution in [0.25, 0.3) is 11.0 Å². The van der Waals surface area contributed by atoms with Crippen molar-refractivity contribution in [1.29, 1.82) is 0 Å². The molecule has 92 valence electrons. The Morgan fingerprint density at radius 3 is 1.65 bits per heavy atom. The molecule has 0 saturated heterocycles. The molecule has 5 nitrogen and oxygen atoms in total. The lowest BCUT2D eigenvalue weighted by Gasteiger charge is -2.16. The summed E-state index contributed by atoms with van der Waals surface area (Å²) in [7, 11) is 3.22. The molecule has 0 aliphatic heterocycles. The molecule has 0 N–H and O–H groups in total. The van der Waals surface area contributed by atoms with Crippen LogP contribution in [-0.4, -0.2) is 29.2 Å². The van der Waals surface area contributed by atoms with Crippen LogP contribution in [0, 0.1) is 0 Å². The topological polar surface area (TPSA) is 49.2 Å². The molecule has 1 aromatic carbocycles. The Balaban J connectivity index is 2.61. The van der Waals surface area contributed by atoms with Crippen molar-refractivity contribution in [3.05, 3.63) is 12.1 Å². The third-order valence-corrected chi connectivity index (χ3v) is 2.49. The van der Waals surface area contributed by atoms with Crippen LogP contribution in [0.2, 0.25) is 0 Å². The number of fused-ring (bicyclic) bond motifs is 1. The van der Waals surface area contributed by atoms with Crippen molar-refractivity contribution in [1.82, 2.24) is 15.0 Å². The molecule has 0 fully saturated rings. The number of hydrogen-bond donors (Lipinski definition) is 0. The van der Waals surface area contributed by atoms with Gasteiger partial charge in [0.05, 0.1) is 19.8 Å². The molecule has 5 heteroatoms. The highest BCUT2D eigenvalue weighted by Crippen LogP contribution is 2.31. The van der Waals surface area contributed by atoms with Gasteiger partial charge in [-0.15, -0.1) is 0 Å². The molecular formula is C12H17N3O2. The van der Waals surface area contributed by atoms with Crippen molar-refractivity contribution in [3.63, 3.8) is 0 Å². The monoisotopic (exact) mass is 235 g/mol. The summed E-state index contributed by atoms with van der Waals surface area (Å²) < 4.78 is 10.5. The number of ether oxygens (including phenoxy) is 2. The van der Waals surface area contributed by atoms with Crippen LogP contribution in [0.5, 0.6) is 11.5 Å². The second kappa shape index (κ2) is 3.91. The molecule has 2 rings (SSSR count). The summed E-state index contributed by atoms with van der Waals surface area (Å²) in [4.78, 5) is 1.70. The van der Waals surface area contributed by atoms with Gasteiger partial charge in [-0.1, -0.05) is 0 Å². The van der Waals surface area contributed by atoms with Crippen LogP contribution in [0.3, 0.4) is 0 Å². The third-order valence-electron chi connectivity index (χ3n) is 2.49. The molecule has 0 amide bonds. The van der Waals surface area contributed by atoms with Gasteiger partial charge in [0, 0.05) is 12.1 Å². The van der Waals surface area contributed by atoms with Gasteiger partial charge in [0.2, 0.25) is 0 Å². The quantitative estimate of drug-likeness (QED) is 0.800. The Bertz CT molecular complexity index is 499. The zero-order valence-electron chi connectivity index (χ0n) is 10.8. The van der Waals surface area contributed by atoms with Gasteiger partial charge < -0.3 is 9.47 Å². The Morgan fingerprint density at radius 1 is 0.941 bits per heavy atom. The largest absolute Gasteiger partial charge is 0.493 e. The van der Waals surface area contributed by atoms with E-state index in [1.165, 1.54) is 0 Å². The number of hydrogen-bond acceptors (Lipinski definition) is 4. The van der Waals surface area contributed by atoms with E-state index in [2.05, 4.69) is 31.0 Å². The highest BCUT2D eigenvalue weighted by Gasteiger charge is 2.18. The predicted molar refractivity (Wildman–Crippen MR) is 65.6 cm³/mol. The average Bonchev–Trinajstić information content (AvgIpc) is 2.69. The lowest BCUT2D eigenvalue weighted by atomic mass is 10.1. The first kappa shape index (κ1) is 11.7. The Morgan fingerprint density at radius 2 is 1.35 bits per heavy atom. The minimum atomic E-state index is -0.139. The van der Waals surface area contributed by atoms with Crippen molar-refractivity contribution in [2.24, 2.45) is 0 Å². The van der Waals surface area contributed by atoms with Gasteiger partial charge in [-0.3, -0.25) is 0 Å². The van der Waals surface area contributed by atoms with Crippen LogP contribution < -0.4 is 9.47 Å². The molecule has 1 aromatic heterocycles. The average molecular weight is 235 g/mol. The van der Waals surface area contributed by atoms with E-state index in [1.54, 1.807) is 19.0 Å². The van der Waals surface area contributed by atoms with Crippen LogP contribution in [0.4, 0.5) is 0 Å². The summed E-state index contributed by atoms with van der Waals surface area (Å²) in [6.45, 7) is 6.17. The van der Waals surface area contributed by atoms with Crippen LogP contribution in [0.1, 0.15) is 20.8 Å². The lowest BCUT2D eigenvalue weighted by molar-refractivity contribution is 0.316. The summed E-state index contributed by atoms with van der Waals surface area (Å²) in [6, 6.07) is 3.67. The molecule has 0 aliphatic rings. The first-order chi connectivity index (χ1) is 7.95. The standard InChI is InChI=1S/C12H17N3O2/c1-12(2,3)15-13-8-6-10(16-4)11(17-5)7-9(8)14-15/h6-7H,1-5H3. The second-order valence-corrected chi connectivity index (χ2v) is 4.86. The van der Waals surface area contributed by atoms with Gasteiger partial charge in [-0.25, -0.2) is 0 Å². The highest BCUT2D eigenvalue weighted by molar-refractivity contribution is 5.78. The van der Waals surface area contributed by atoms with Gasteiger partial charge in [-0.2, -0.15) is 15.0 Å². The van der Waals surface area contributed by atoms with Crippen LogP contribution >= 0.6 is 0 Å². The minimum absolute atomic E-state index is 0.139. The van der Waals surface area contributed by atoms with E-state index in [-0.39, 0.29) is 5.54 Å². The summed E-state index contributed by atoms with van der Waals surface area (Å²) in [5.74, 6) is 1.34. The van der Waals surface area contributed by atoms with Gasteiger partial charge in [0.25, 0.3) is 0 Å². The molecule has 0 aliphatic carbocycles. The van der Waals surface area contributed by atoms with Crippen molar-refractivity contribution < 1.29 is 9.47 Å². The minimum Gasteiger partial charge on any atom is -0.493 e. The second-order valence-electron chi connectivity index (χ2n) is 4.86. The first-order valence-corrected chi connectivity index (χ1v) is 5.45. The smallest absolute Gasteiger partial charge is 0.163 e. The fourth-order valence-corrected chi connectivity index (χ4v) is 1.54. The molecule has 0 atom stereocenters. The lowest BCUT2D eigenvalue weighted by Crippen LogP contribution is -2.24. The fraction of sp³-hybridized carbons (Fsp3) is 0.500. The fourth-order valence-electron chi connectivity index (χ4n) is 1.54. The van der Waals surface area contributed by atoms with Crippen molar-refractivity contribution in [2.45, 2.75) is 26.3 Å². The summed E-state index contributed by atoms with van der Waals surface area (Å²) in [5, 5.41) is 8.88. The number of rotatable bonds is 2. The van der Waals surface area contributed by atoms with E-state index in [9.17, 15) is 0 Å². The van der Waals surface area contributed by atoms with E-state index in [0.29, 0.717) is 11.5 Å². The Labute approximate surface area is 100 Å². The zero-order valence-corrected chi connectivity index (χ0v) is 10.8. The molecule has 0 saturated carbocycles. The Kier molecular flexibility index (Phi) is 2.69. The molecule has 1 heterocycles. The molecule has 2 aromatic rings. The first-order valence-electron chi connectivity index (χ1n) is 5.45. The maximum atomic E-state index is 5.24. The van der Waals surface area contributed by atoms with Gasteiger partial charge in [0.1, 0.15) is 11.0 Å². The molecule has 0 bridgehead atoms. The van der Waals surface area contributed by atoms with E-state index >= 15 is 0 Å². The number of aromatic nitrogens is 3. The maximum Gasteiger partial charge on any atom is 0.163 e. The molecule has 0 spiro atoms. The normalized spacial score (nSPS) is 11.8. The summed E-state index contributed by atoms with van der Waals surface area (Å²) in [5.41, 5.74) is 1.47. The summed E-state index contributed by atoms with van der Waals surface area (Å²) >= 11 is 0. The highest BCUT2D eigenvalue weighted by atomic mass is 16.5. The molecule has 0 unspecified atom stereocenters. The predicted octanol–water partition coefficient (Wildman–Crippen LogP) is 2.20. The number of benzene rings is 1. The SMILES string of the molecule is COc1cc2nn(C(C)(C)C)nc2cc1OC. The molecule has 0 radical (unpaired) electrons. The zero-order chi connectivity index (χ0) is 12.6. The number of nitrogens with zero attached hydrogens (tertiary/aromatic N) is 3. The maximum absolute atomic E-state index is 5.24. The van der Waals surface area contributed by atoms with Crippen LogP contribution in [0.15, 0.2) is 12.1 Å². The van der Waals surface area contributed by atoms with Gasteiger partial charge in [0.15, 0.2) is 11.5 Å². The summed E-state index contributed by atoms with van der Waals surface area (Å²) in [6.07, 6.45) is 0. The van der Waals surface area contributed by atoms with Crippen molar-refractivity contribution >= 4 is 11.0 Å². The Hall–Kier alpha value is -1.78. The van der Waals surface area contributed by atoms with Gasteiger partial charge in [-0.05, 0) is 20.8 Å².